The fourth-order valence-electron chi connectivity index (χ4n) is 4.97. The molecule has 2 amide bonds. The number of nitrogens with one attached hydrogen (secondary N) is 1. The largest absolute Gasteiger partial charge is 0.481 e. The number of ether oxygens (including phenoxy) is 1. The number of fused-ring (bicyclic) bond motifs is 3. The van der Waals surface area contributed by atoms with Crippen molar-refractivity contribution >= 4 is 18.0 Å². The van der Waals surface area contributed by atoms with E-state index in [1.54, 1.807) is 4.90 Å². The zero-order valence-electron chi connectivity index (χ0n) is 19.8. The van der Waals surface area contributed by atoms with Gasteiger partial charge in [-0.3, -0.25) is 9.59 Å². The van der Waals surface area contributed by atoms with Crippen LogP contribution in [0.1, 0.15) is 50.2 Å². The number of hydrogen-bond acceptors (Lipinski definition) is 4. The highest BCUT2D eigenvalue weighted by Gasteiger charge is 2.49. The molecule has 34 heavy (non-hydrogen) atoms. The molecule has 2 aliphatic rings. The summed E-state index contributed by atoms with van der Waals surface area (Å²) in [5.74, 6) is -0.770. The second kappa shape index (κ2) is 9.87. The number of likely N-dealkylation sites (tertiary alicyclic amines) is 1. The highest BCUT2D eigenvalue weighted by Crippen LogP contribution is 2.44. The topological polar surface area (TPSA) is 95.9 Å². The van der Waals surface area contributed by atoms with Gasteiger partial charge in [-0.1, -0.05) is 62.4 Å². The summed E-state index contributed by atoms with van der Waals surface area (Å²) >= 11 is 0. The number of carbonyl (C=O) groups excluding carboxylic acids is 2. The molecule has 0 radical (unpaired) electrons. The average molecular weight is 465 g/mol. The quantitative estimate of drug-likeness (QED) is 0.578. The van der Waals surface area contributed by atoms with Gasteiger partial charge in [0.1, 0.15) is 12.0 Å². The van der Waals surface area contributed by atoms with Gasteiger partial charge in [-0.25, -0.2) is 4.79 Å². The number of benzene rings is 2. The zero-order chi connectivity index (χ0) is 24.3. The maximum Gasteiger partial charge on any atom is 0.407 e. The highest BCUT2D eigenvalue weighted by molar-refractivity contribution is 5.83. The van der Waals surface area contributed by atoms with Crippen molar-refractivity contribution in [3.63, 3.8) is 0 Å². The first-order valence-corrected chi connectivity index (χ1v) is 11.9. The summed E-state index contributed by atoms with van der Waals surface area (Å²) in [5, 5.41) is 12.1. The SMILES string of the molecule is CCC1(C(=O)O)CN(C(=O)CC(C)CCNC(=O)OCC2c3ccccc3-c3ccccc32)C1. The Morgan fingerprint density at radius 2 is 1.68 bits per heavy atom. The van der Waals surface area contributed by atoms with Gasteiger partial charge < -0.3 is 20.1 Å². The van der Waals surface area contributed by atoms with E-state index >= 15 is 0 Å². The Bertz CT molecular complexity index is 1030. The summed E-state index contributed by atoms with van der Waals surface area (Å²) in [6.07, 6.45) is 1.04. The summed E-state index contributed by atoms with van der Waals surface area (Å²) in [7, 11) is 0. The zero-order valence-corrected chi connectivity index (χ0v) is 19.8. The van der Waals surface area contributed by atoms with Crippen molar-refractivity contribution in [1.82, 2.24) is 10.2 Å². The molecule has 1 heterocycles. The lowest BCUT2D eigenvalue weighted by Crippen LogP contribution is -2.62. The number of amides is 2. The molecule has 1 atom stereocenters. The van der Waals surface area contributed by atoms with Crippen molar-refractivity contribution in [3.05, 3.63) is 59.7 Å². The molecule has 1 unspecified atom stereocenters. The summed E-state index contributed by atoms with van der Waals surface area (Å²) in [6, 6.07) is 16.4. The minimum atomic E-state index is -0.834. The molecule has 7 nitrogen and oxygen atoms in total. The van der Waals surface area contributed by atoms with E-state index in [-0.39, 0.29) is 37.4 Å². The van der Waals surface area contributed by atoms with Crippen LogP contribution in [0, 0.1) is 11.3 Å². The van der Waals surface area contributed by atoms with E-state index in [0.29, 0.717) is 25.8 Å². The molecule has 2 aromatic carbocycles. The van der Waals surface area contributed by atoms with Crippen LogP contribution in [0.15, 0.2) is 48.5 Å². The molecule has 0 spiro atoms. The molecule has 7 heteroatoms. The predicted molar refractivity (Wildman–Crippen MR) is 128 cm³/mol. The first-order valence-electron chi connectivity index (χ1n) is 11.9. The Kier molecular flexibility index (Phi) is 6.91. The Balaban J connectivity index is 1.19. The Labute approximate surface area is 200 Å². The molecule has 180 valence electrons. The normalized spacial score (nSPS) is 16.7. The van der Waals surface area contributed by atoms with Gasteiger partial charge in [-0.2, -0.15) is 0 Å². The maximum atomic E-state index is 12.4. The molecule has 0 saturated carbocycles. The number of hydrogen-bond donors (Lipinski definition) is 2. The molecule has 0 aromatic heterocycles. The standard InChI is InChI=1S/C27H32N2O5/c1-3-27(25(31)32)16-29(17-27)24(30)14-18(2)12-13-28-26(33)34-15-23-21-10-6-4-8-19(21)20-9-5-7-11-22(20)23/h4-11,18,23H,3,12-17H2,1-2H3,(H,28,33)(H,31,32). The number of carboxylic acids is 1. The van der Waals surface area contributed by atoms with Crippen LogP contribution in [0.2, 0.25) is 0 Å². The smallest absolute Gasteiger partial charge is 0.407 e. The predicted octanol–water partition coefficient (Wildman–Crippen LogP) is 4.26. The molecule has 1 aliphatic heterocycles. The molecule has 1 aliphatic carbocycles. The average Bonchev–Trinajstić information content (AvgIpc) is 3.11. The van der Waals surface area contributed by atoms with Crippen LogP contribution in [0.4, 0.5) is 4.79 Å². The minimum Gasteiger partial charge on any atom is -0.481 e. The van der Waals surface area contributed by atoms with Crippen LogP contribution in [-0.4, -0.2) is 54.2 Å². The van der Waals surface area contributed by atoms with Gasteiger partial charge in [-0.05, 0) is 41.0 Å². The number of carboxylic acid groups (broad SMARTS) is 1. The third-order valence-electron chi connectivity index (χ3n) is 7.24. The van der Waals surface area contributed by atoms with Crippen LogP contribution in [0.5, 0.6) is 0 Å². The second-order valence-corrected chi connectivity index (χ2v) is 9.54. The highest BCUT2D eigenvalue weighted by atomic mass is 16.5. The third-order valence-corrected chi connectivity index (χ3v) is 7.24. The summed E-state index contributed by atoms with van der Waals surface area (Å²) < 4.78 is 5.54. The number of carbonyl (C=O) groups is 3. The summed E-state index contributed by atoms with van der Waals surface area (Å²) in [6.45, 7) is 5.05. The van der Waals surface area contributed by atoms with Crippen LogP contribution in [-0.2, 0) is 14.3 Å². The van der Waals surface area contributed by atoms with Gasteiger partial charge in [0, 0.05) is 32.0 Å². The van der Waals surface area contributed by atoms with Crippen LogP contribution in [0.25, 0.3) is 11.1 Å². The lowest BCUT2D eigenvalue weighted by molar-refractivity contribution is -0.166. The molecule has 4 rings (SSSR count). The first kappa shape index (κ1) is 23.8. The molecular formula is C27H32N2O5. The van der Waals surface area contributed by atoms with E-state index in [4.69, 9.17) is 4.74 Å². The van der Waals surface area contributed by atoms with Gasteiger partial charge in [0.2, 0.25) is 5.91 Å². The Hall–Kier alpha value is -3.35. The summed E-state index contributed by atoms with van der Waals surface area (Å²) in [5.41, 5.74) is 3.93. The molecule has 0 bridgehead atoms. The van der Waals surface area contributed by atoms with Crippen molar-refractivity contribution in [2.75, 3.05) is 26.2 Å². The van der Waals surface area contributed by atoms with Gasteiger partial charge in [0.25, 0.3) is 0 Å². The van der Waals surface area contributed by atoms with Crippen molar-refractivity contribution in [3.8, 4) is 11.1 Å². The molecular weight excluding hydrogens is 432 g/mol. The van der Waals surface area contributed by atoms with Crippen molar-refractivity contribution in [1.29, 1.82) is 0 Å². The van der Waals surface area contributed by atoms with E-state index in [1.165, 1.54) is 22.3 Å². The van der Waals surface area contributed by atoms with E-state index in [2.05, 4.69) is 29.6 Å². The van der Waals surface area contributed by atoms with Crippen molar-refractivity contribution < 1.29 is 24.2 Å². The van der Waals surface area contributed by atoms with E-state index in [1.807, 2.05) is 38.1 Å². The lowest BCUT2D eigenvalue weighted by atomic mass is 9.77. The monoisotopic (exact) mass is 464 g/mol. The molecule has 2 N–H and O–H groups in total. The molecule has 2 aromatic rings. The van der Waals surface area contributed by atoms with Crippen molar-refractivity contribution in [2.24, 2.45) is 11.3 Å². The number of aliphatic carboxylic acids is 1. The molecule has 1 saturated heterocycles. The van der Waals surface area contributed by atoms with Crippen LogP contribution in [0.3, 0.4) is 0 Å². The second-order valence-electron chi connectivity index (χ2n) is 9.54. The Morgan fingerprint density at radius 3 is 2.24 bits per heavy atom. The maximum absolute atomic E-state index is 12.4. The minimum absolute atomic E-state index is 0.0206. The molecule has 1 fully saturated rings. The van der Waals surface area contributed by atoms with Crippen LogP contribution < -0.4 is 5.32 Å². The van der Waals surface area contributed by atoms with Gasteiger partial charge in [0.15, 0.2) is 0 Å². The fraction of sp³-hybridized carbons (Fsp3) is 0.444. The van der Waals surface area contributed by atoms with Gasteiger partial charge >= 0.3 is 12.1 Å². The van der Waals surface area contributed by atoms with E-state index in [0.717, 1.165) is 0 Å². The lowest BCUT2D eigenvalue weighted by Gasteiger charge is -2.47. The first-order chi connectivity index (χ1) is 16.3. The Morgan fingerprint density at radius 1 is 1.09 bits per heavy atom. The summed E-state index contributed by atoms with van der Waals surface area (Å²) in [4.78, 5) is 37.7. The van der Waals surface area contributed by atoms with E-state index < -0.39 is 17.5 Å². The van der Waals surface area contributed by atoms with Gasteiger partial charge in [-0.15, -0.1) is 0 Å². The number of alkyl carbamates (subject to hydrolysis) is 1. The van der Waals surface area contributed by atoms with E-state index in [9.17, 15) is 19.5 Å². The third kappa shape index (κ3) is 4.65. The van der Waals surface area contributed by atoms with Crippen molar-refractivity contribution in [2.45, 2.75) is 39.0 Å². The number of rotatable bonds is 9. The van der Waals surface area contributed by atoms with Gasteiger partial charge in [0.05, 0.1) is 0 Å². The number of nitrogens with zero attached hydrogens (tertiary/aromatic N) is 1. The fourth-order valence-corrected chi connectivity index (χ4v) is 4.97. The van der Waals surface area contributed by atoms with Crippen LogP contribution >= 0.6 is 0 Å².